The Morgan fingerprint density at radius 1 is 1.41 bits per heavy atom. The van der Waals surface area contributed by atoms with Gasteiger partial charge in [-0.25, -0.2) is 0 Å². The highest BCUT2D eigenvalue weighted by molar-refractivity contribution is 6.30. The van der Waals surface area contributed by atoms with E-state index in [1.165, 1.54) is 11.1 Å². The van der Waals surface area contributed by atoms with Crippen LogP contribution >= 0.6 is 11.6 Å². The second kappa shape index (κ2) is 8.29. The summed E-state index contributed by atoms with van der Waals surface area (Å²) in [6, 6.07) is 7.94. The van der Waals surface area contributed by atoms with Crippen LogP contribution in [-0.2, 0) is 4.74 Å². The Kier molecular flexibility index (Phi) is 6.94. The second-order valence-electron chi connectivity index (χ2n) is 3.93. The van der Waals surface area contributed by atoms with E-state index >= 15 is 0 Å². The number of methoxy groups -OCH3 is 1. The summed E-state index contributed by atoms with van der Waals surface area (Å²) in [4.78, 5) is 0. The number of rotatable bonds is 7. The number of hydrogen-bond acceptors (Lipinski definition) is 2. The molecule has 0 heterocycles. The minimum Gasteiger partial charge on any atom is -0.383 e. The highest BCUT2D eigenvalue weighted by Crippen LogP contribution is 2.18. The number of benzene rings is 1. The third kappa shape index (κ3) is 5.87. The fourth-order valence-corrected chi connectivity index (χ4v) is 1.73. The fraction of sp³-hybridized carbons (Fsp3) is 0.429. The van der Waals surface area contributed by atoms with Gasteiger partial charge in [-0.3, -0.25) is 0 Å². The van der Waals surface area contributed by atoms with Crippen molar-refractivity contribution in [1.29, 1.82) is 0 Å². The van der Waals surface area contributed by atoms with Crippen molar-refractivity contribution in [3.63, 3.8) is 0 Å². The molecule has 0 amide bonds. The lowest BCUT2D eigenvalue weighted by Crippen LogP contribution is -2.19. The van der Waals surface area contributed by atoms with Crippen molar-refractivity contribution in [3.8, 4) is 0 Å². The van der Waals surface area contributed by atoms with E-state index in [-0.39, 0.29) is 0 Å². The molecular formula is C14H20ClNO. The molecule has 1 aromatic rings. The maximum absolute atomic E-state index is 5.95. The number of hydrogen-bond donors (Lipinski definition) is 1. The normalized spacial score (nSPS) is 11.8. The van der Waals surface area contributed by atoms with Crippen LogP contribution in [0.2, 0.25) is 5.02 Å². The van der Waals surface area contributed by atoms with E-state index in [0.29, 0.717) is 0 Å². The highest BCUT2D eigenvalue weighted by Gasteiger charge is 1.96. The zero-order chi connectivity index (χ0) is 12.5. The minimum atomic E-state index is 0.761. The molecule has 0 bridgehead atoms. The molecule has 0 aromatic heterocycles. The van der Waals surface area contributed by atoms with Gasteiger partial charge in [0, 0.05) is 18.7 Å². The monoisotopic (exact) mass is 253 g/mol. The number of halogens is 1. The first-order valence-electron chi connectivity index (χ1n) is 5.86. The number of ether oxygens (including phenoxy) is 1. The standard InChI is InChI=1S/C14H20ClNO/c1-12(5-4-8-16-9-10-17-2)13-6-3-7-14(15)11-13/h3,5-7,11,16H,4,8-10H2,1-2H3. The van der Waals surface area contributed by atoms with Crippen LogP contribution in [0.25, 0.3) is 5.57 Å². The molecule has 2 nitrogen and oxygen atoms in total. The van der Waals surface area contributed by atoms with Crippen molar-refractivity contribution in [2.75, 3.05) is 26.8 Å². The topological polar surface area (TPSA) is 21.3 Å². The van der Waals surface area contributed by atoms with E-state index in [9.17, 15) is 0 Å². The quantitative estimate of drug-likeness (QED) is 0.753. The minimum absolute atomic E-state index is 0.761. The predicted molar refractivity (Wildman–Crippen MR) is 74.5 cm³/mol. The third-order valence-corrected chi connectivity index (χ3v) is 2.77. The Hall–Kier alpha value is -0.830. The van der Waals surface area contributed by atoms with Crippen LogP contribution in [0.1, 0.15) is 18.9 Å². The van der Waals surface area contributed by atoms with Gasteiger partial charge in [0.1, 0.15) is 0 Å². The van der Waals surface area contributed by atoms with Crippen molar-refractivity contribution in [2.24, 2.45) is 0 Å². The predicted octanol–water partition coefficient (Wildman–Crippen LogP) is 3.37. The van der Waals surface area contributed by atoms with Crippen molar-refractivity contribution in [3.05, 3.63) is 40.9 Å². The molecule has 0 fully saturated rings. The van der Waals surface area contributed by atoms with Crippen LogP contribution < -0.4 is 5.32 Å². The molecular weight excluding hydrogens is 234 g/mol. The lowest BCUT2D eigenvalue weighted by Gasteiger charge is -2.04. The third-order valence-electron chi connectivity index (χ3n) is 2.53. The van der Waals surface area contributed by atoms with E-state index in [2.05, 4.69) is 24.4 Å². The molecule has 0 saturated carbocycles. The van der Waals surface area contributed by atoms with Gasteiger partial charge < -0.3 is 10.1 Å². The van der Waals surface area contributed by atoms with Crippen molar-refractivity contribution >= 4 is 17.2 Å². The zero-order valence-electron chi connectivity index (χ0n) is 10.5. The maximum atomic E-state index is 5.95. The lowest BCUT2D eigenvalue weighted by molar-refractivity contribution is 0.199. The van der Waals surface area contributed by atoms with Gasteiger partial charge in [0.15, 0.2) is 0 Å². The molecule has 0 spiro atoms. The summed E-state index contributed by atoms with van der Waals surface area (Å²) in [7, 11) is 1.71. The summed E-state index contributed by atoms with van der Waals surface area (Å²) in [6.07, 6.45) is 3.24. The van der Waals surface area contributed by atoms with Crippen molar-refractivity contribution in [2.45, 2.75) is 13.3 Å². The number of nitrogens with one attached hydrogen (secondary N) is 1. The molecule has 0 saturated heterocycles. The molecule has 94 valence electrons. The van der Waals surface area contributed by atoms with Crippen LogP contribution in [0.5, 0.6) is 0 Å². The van der Waals surface area contributed by atoms with Gasteiger partial charge in [-0.1, -0.05) is 29.8 Å². The Bertz CT molecular complexity index is 363. The summed E-state index contributed by atoms with van der Waals surface area (Å²) in [5.74, 6) is 0. The summed E-state index contributed by atoms with van der Waals surface area (Å²) in [5, 5.41) is 4.09. The molecule has 3 heteroatoms. The molecule has 0 unspecified atom stereocenters. The van der Waals surface area contributed by atoms with Crippen LogP contribution in [-0.4, -0.2) is 26.8 Å². The molecule has 1 aromatic carbocycles. The summed E-state index contributed by atoms with van der Waals surface area (Å²) in [6.45, 7) is 4.75. The smallest absolute Gasteiger partial charge is 0.0587 e. The van der Waals surface area contributed by atoms with Crippen molar-refractivity contribution < 1.29 is 4.74 Å². The Balaban J connectivity index is 2.34. The first kappa shape index (κ1) is 14.2. The van der Waals surface area contributed by atoms with Gasteiger partial charge in [0.2, 0.25) is 0 Å². The SMILES string of the molecule is COCCNCCC=C(C)c1cccc(Cl)c1. The van der Waals surface area contributed by atoms with Crippen LogP contribution in [0.4, 0.5) is 0 Å². The summed E-state index contributed by atoms with van der Waals surface area (Å²) >= 11 is 5.95. The summed E-state index contributed by atoms with van der Waals surface area (Å²) in [5.41, 5.74) is 2.45. The van der Waals surface area contributed by atoms with Gasteiger partial charge >= 0.3 is 0 Å². The molecule has 17 heavy (non-hydrogen) atoms. The summed E-state index contributed by atoms with van der Waals surface area (Å²) < 4.78 is 4.96. The van der Waals surface area contributed by atoms with E-state index in [1.54, 1.807) is 7.11 Å². The van der Waals surface area contributed by atoms with E-state index in [1.807, 2.05) is 18.2 Å². The van der Waals surface area contributed by atoms with Crippen LogP contribution in [0, 0.1) is 0 Å². The Labute approximate surface area is 109 Å². The lowest BCUT2D eigenvalue weighted by atomic mass is 10.1. The maximum Gasteiger partial charge on any atom is 0.0587 e. The molecule has 0 aliphatic heterocycles. The van der Waals surface area contributed by atoms with Gasteiger partial charge in [-0.05, 0) is 43.2 Å². The Morgan fingerprint density at radius 3 is 2.94 bits per heavy atom. The average molecular weight is 254 g/mol. The van der Waals surface area contributed by atoms with Crippen molar-refractivity contribution in [1.82, 2.24) is 5.32 Å². The van der Waals surface area contributed by atoms with Crippen LogP contribution in [0.15, 0.2) is 30.3 Å². The first-order valence-corrected chi connectivity index (χ1v) is 6.24. The van der Waals surface area contributed by atoms with Crippen LogP contribution in [0.3, 0.4) is 0 Å². The van der Waals surface area contributed by atoms with E-state index in [0.717, 1.165) is 31.1 Å². The molecule has 0 aliphatic rings. The highest BCUT2D eigenvalue weighted by atomic mass is 35.5. The van der Waals surface area contributed by atoms with Gasteiger partial charge in [0.25, 0.3) is 0 Å². The molecule has 0 radical (unpaired) electrons. The molecule has 1 rings (SSSR count). The largest absolute Gasteiger partial charge is 0.383 e. The van der Waals surface area contributed by atoms with Gasteiger partial charge in [-0.2, -0.15) is 0 Å². The van der Waals surface area contributed by atoms with Gasteiger partial charge in [0.05, 0.1) is 6.61 Å². The Morgan fingerprint density at radius 2 is 2.24 bits per heavy atom. The fourth-order valence-electron chi connectivity index (χ4n) is 1.54. The number of allylic oxidation sites excluding steroid dienone is 1. The second-order valence-corrected chi connectivity index (χ2v) is 4.37. The average Bonchev–Trinajstić information content (AvgIpc) is 2.33. The first-order chi connectivity index (χ1) is 8.24. The molecule has 0 atom stereocenters. The van der Waals surface area contributed by atoms with E-state index in [4.69, 9.17) is 16.3 Å². The molecule has 1 N–H and O–H groups in total. The molecule has 0 aliphatic carbocycles. The zero-order valence-corrected chi connectivity index (χ0v) is 11.3. The van der Waals surface area contributed by atoms with E-state index < -0.39 is 0 Å². The van der Waals surface area contributed by atoms with Gasteiger partial charge in [-0.15, -0.1) is 0 Å².